The topological polar surface area (TPSA) is 41.6 Å². The maximum atomic E-state index is 11.9. The van der Waals surface area contributed by atoms with E-state index in [-0.39, 0.29) is 18.5 Å². The Labute approximate surface area is 98.1 Å². The summed E-state index contributed by atoms with van der Waals surface area (Å²) in [5.41, 5.74) is 0. The molecule has 0 unspecified atom stereocenters. The van der Waals surface area contributed by atoms with Crippen LogP contribution >= 0.6 is 0 Å². The van der Waals surface area contributed by atoms with E-state index in [0.717, 1.165) is 12.8 Å². The van der Waals surface area contributed by atoms with Gasteiger partial charge in [0.25, 0.3) is 0 Å². The molecule has 17 heavy (non-hydrogen) atoms. The number of carbonyl (C=O) groups is 1. The Balaban J connectivity index is 2.27. The number of methoxy groups -OCH3 is 1. The molecule has 7 heteroatoms. The average molecular weight is 254 g/mol. The van der Waals surface area contributed by atoms with Crippen LogP contribution in [0.25, 0.3) is 0 Å². The summed E-state index contributed by atoms with van der Waals surface area (Å²) in [5.74, 6) is -0.297. The van der Waals surface area contributed by atoms with Crippen LogP contribution in [0.2, 0.25) is 0 Å². The lowest BCUT2D eigenvalue weighted by Crippen LogP contribution is -2.43. The van der Waals surface area contributed by atoms with Gasteiger partial charge < -0.3 is 15.0 Å². The van der Waals surface area contributed by atoms with Crippen molar-refractivity contribution in [2.45, 2.75) is 25.1 Å². The molecule has 0 aromatic carbocycles. The molecule has 1 saturated carbocycles. The number of rotatable bonds is 7. The van der Waals surface area contributed by atoms with Crippen molar-refractivity contribution in [3.63, 3.8) is 0 Å². The third kappa shape index (κ3) is 5.88. The highest BCUT2D eigenvalue weighted by Gasteiger charge is 2.32. The minimum Gasteiger partial charge on any atom is -0.383 e. The Hall–Kier alpha value is -0.820. The molecule has 1 aliphatic rings. The summed E-state index contributed by atoms with van der Waals surface area (Å²) in [5, 5.41) is 2.11. The van der Waals surface area contributed by atoms with Crippen LogP contribution in [0.3, 0.4) is 0 Å². The molecule has 4 nitrogen and oxygen atoms in total. The van der Waals surface area contributed by atoms with E-state index in [1.54, 1.807) is 4.90 Å². The number of nitrogens with one attached hydrogen (secondary N) is 1. The molecule has 100 valence electrons. The van der Waals surface area contributed by atoms with Gasteiger partial charge in [0, 0.05) is 19.7 Å². The number of nitrogens with zero attached hydrogens (tertiary/aromatic N) is 1. The smallest absolute Gasteiger partial charge is 0.383 e. The fraction of sp³-hybridized carbons (Fsp3) is 0.900. The quantitative estimate of drug-likeness (QED) is 0.730. The van der Waals surface area contributed by atoms with Crippen LogP contribution < -0.4 is 5.32 Å². The summed E-state index contributed by atoms with van der Waals surface area (Å²) < 4.78 is 40.5. The van der Waals surface area contributed by atoms with Crippen molar-refractivity contribution in [1.82, 2.24) is 10.2 Å². The zero-order chi connectivity index (χ0) is 12.9. The number of halogens is 3. The second-order valence-corrected chi connectivity index (χ2v) is 4.03. The molecule has 1 amide bonds. The molecular weight excluding hydrogens is 237 g/mol. The Kier molecular flexibility index (Phi) is 5.20. The van der Waals surface area contributed by atoms with Crippen molar-refractivity contribution >= 4 is 5.91 Å². The number of ether oxygens (including phenoxy) is 1. The van der Waals surface area contributed by atoms with E-state index < -0.39 is 12.7 Å². The van der Waals surface area contributed by atoms with Gasteiger partial charge in [-0.05, 0) is 12.8 Å². The summed E-state index contributed by atoms with van der Waals surface area (Å²) >= 11 is 0. The molecule has 1 N–H and O–H groups in total. The first-order chi connectivity index (χ1) is 7.94. The van der Waals surface area contributed by atoms with Gasteiger partial charge in [-0.2, -0.15) is 13.2 Å². The molecule has 0 spiro atoms. The standard InChI is InChI=1S/C10H17F3N2O2/c1-17-5-4-15(8-2-3-8)9(16)6-14-7-10(11,12)13/h8,14H,2-7H2,1H3. The summed E-state index contributed by atoms with van der Waals surface area (Å²) in [6.45, 7) is -0.573. The highest BCUT2D eigenvalue weighted by molar-refractivity contribution is 5.78. The van der Waals surface area contributed by atoms with E-state index in [4.69, 9.17) is 4.74 Å². The normalized spacial score (nSPS) is 16.0. The lowest BCUT2D eigenvalue weighted by Gasteiger charge is -2.22. The second-order valence-electron chi connectivity index (χ2n) is 4.03. The lowest BCUT2D eigenvalue weighted by atomic mass is 10.4. The van der Waals surface area contributed by atoms with E-state index >= 15 is 0 Å². The van der Waals surface area contributed by atoms with Gasteiger partial charge in [-0.3, -0.25) is 4.79 Å². The fourth-order valence-electron chi connectivity index (χ4n) is 1.50. The first kappa shape index (κ1) is 14.2. The van der Waals surface area contributed by atoms with Gasteiger partial charge in [0.2, 0.25) is 5.91 Å². The molecule has 0 radical (unpaired) electrons. The van der Waals surface area contributed by atoms with E-state index in [1.165, 1.54) is 7.11 Å². The maximum Gasteiger partial charge on any atom is 0.401 e. The van der Waals surface area contributed by atoms with Crippen LogP contribution in [-0.4, -0.2) is 56.4 Å². The van der Waals surface area contributed by atoms with Crippen molar-refractivity contribution < 1.29 is 22.7 Å². The monoisotopic (exact) mass is 254 g/mol. The third-order valence-corrected chi connectivity index (χ3v) is 2.45. The van der Waals surface area contributed by atoms with Crippen molar-refractivity contribution in [2.24, 2.45) is 0 Å². The van der Waals surface area contributed by atoms with E-state index in [9.17, 15) is 18.0 Å². The molecule has 1 aliphatic carbocycles. The van der Waals surface area contributed by atoms with E-state index in [1.807, 2.05) is 0 Å². The molecule has 1 rings (SSSR count). The first-order valence-electron chi connectivity index (χ1n) is 5.50. The van der Waals surface area contributed by atoms with Crippen LogP contribution in [0, 0.1) is 0 Å². The predicted molar refractivity (Wildman–Crippen MR) is 55.5 cm³/mol. The van der Waals surface area contributed by atoms with Gasteiger partial charge in [-0.25, -0.2) is 0 Å². The van der Waals surface area contributed by atoms with Crippen LogP contribution in [0.1, 0.15) is 12.8 Å². The van der Waals surface area contributed by atoms with Gasteiger partial charge in [0.1, 0.15) is 0 Å². The third-order valence-electron chi connectivity index (χ3n) is 2.45. The number of hydrogen-bond donors (Lipinski definition) is 1. The maximum absolute atomic E-state index is 11.9. The molecule has 0 bridgehead atoms. The summed E-state index contributed by atoms with van der Waals surface area (Å²) in [4.78, 5) is 13.2. The van der Waals surface area contributed by atoms with Crippen LogP contribution in [0.4, 0.5) is 13.2 Å². The molecule has 0 aromatic rings. The Morgan fingerprint density at radius 1 is 1.47 bits per heavy atom. The average Bonchev–Trinajstić information content (AvgIpc) is 3.00. The fourth-order valence-corrected chi connectivity index (χ4v) is 1.50. The molecule has 0 heterocycles. The van der Waals surface area contributed by atoms with Gasteiger partial charge in [0.05, 0.1) is 19.7 Å². The van der Waals surface area contributed by atoms with Crippen LogP contribution in [0.15, 0.2) is 0 Å². The Bertz CT molecular complexity index is 254. The van der Waals surface area contributed by atoms with E-state index in [2.05, 4.69) is 5.32 Å². The Morgan fingerprint density at radius 3 is 2.59 bits per heavy atom. The molecular formula is C10H17F3N2O2. The largest absolute Gasteiger partial charge is 0.401 e. The molecule has 0 saturated heterocycles. The minimum atomic E-state index is -4.28. The minimum absolute atomic E-state index is 0.185. The molecule has 0 aromatic heterocycles. The van der Waals surface area contributed by atoms with Crippen molar-refractivity contribution in [1.29, 1.82) is 0 Å². The number of amides is 1. The summed E-state index contributed by atoms with van der Waals surface area (Å²) in [6, 6.07) is 0.185. The zero-order valence-electron chi connectivity index (χ0n) is 9.72. The van der Waals surface area contributed by atoms with Crippen molar-refractivity contribution in [3.05, 3.63) is 0 Å². The van der Waals surface area contributed by atoms with Crippen LogP contribution in [-0.2, 0) is 9.53 Å². The van der Waals surface area contributed by atoms with Gasteiger partial charge in [-0.15, -0.1) is 0 Å². The molecule has 0 atom stereocenters. The van der Waals surface area contributed by atoms with E-state index in [0.29, 0.717) is 13.2 Å². The summed E-state index contributed by atoms with van der Waals surface area (Å²) in [6.07, 6.45) is -2.43. The molecule has 0 aliphatic heterocycles. The second kappa shape index (κ2) is 6.20. The zero-order valence-corrected chi connectivity index (χ0v) is 9.72. The first-order valence-corrected chi connectivity index (χ1v) is 5.50. The Morgan fingerprint density at radius 2 is 2.12 bits per heavy atom. The number of alkyl halides is 3. The highest BCUT2D eigenvalue weighted by Crippen LogP contribution is 2.26. The van der Waals surface area contributed by atoms with Gasteiger partial charge in [-0.1, -0.05) is 0 Å². The predicted octanol–water partition coefficient (Wildman–Crippen LogP) is 0.776. The van der Waals surface area contributed by atoms with Crippen LogP contribution in [0.5, 0.6) is 0 Å². The van der Waals surface area contributed by atoms with Gasteiger partial charge >= 0.3 is 6.18 Å². The highest BCUT2D eigenvalue weighted by atomic mass is 19.4. The SMILES string of the molecule is COCCN(C(=O)CNCC(F)(F)F)C1CC1. The number of hydrogen-bond acceptors (Lipinski definition) is 3. The van der Waals surface area contributed by atoms with Gasteiger partial charge in [0.15, 0.2) is 0 Å². The van der Waals surface area contributed by atoms with Crippen molar-refractivity contribution in [2.75, 3.05) is 33.4 Å². The number of carbonyl (C=O) groups excluding carboxylic acids is 1. The van der Waals surface area contributed by atoms with Crippen molar-refractivity contribution in [3.8, 4) is 0 Å². The lowest BCUT2D eigenvalue weighted by molar-refractivity contribution is -0.135. The summed E-state index contributed by atoms with van der Waals surface area (Å²) in [7, 11) is 1.53. The molecule has 1 fully saturated rings.